The quantitative estimate of drug-likeness (QED) is 0.788. The normalized spacial score (nSPS) is 18.4. The van der Waals surface area contributed by atoms with Crippen molar-refractivity contribution < 1.29 is 9.59 Å². The average Bonchev–Trinajstić information content (AvgIpc) is 2.77. The molecule has 7 heteroatoms. The molecule has 0 spiro atoms. The molecule has 0 bridgehead atoms. The van der Waals surface area contributed by atoms with Gasteiger partial charge in [0.2, 0.25) is 11.8 Å². The zero-order chi connectivity index (χ0) is 16.6. The van der Waals surface area contributed by atoms with Gasteiger partial charge in [-0.25, -0.2) is 4.79 Å². The number of nitrogens with one attached hydrogen (secondary N) is 1. The fourth-order valence-corrected chi connectivity index (χ4v) is 3.10. The van der Waals surface area contributed by atoms with Gasteiger partial charge in [-0.3, -0.25) is 24.0 Å². The van der Waals surface area contributed by atoms with E-state index >= 15 is 0 Å². The zero-order valence-electron chi connectivity index (χ0n) is 13.0. The maximum atomic E-state index is 12.6. The minimum Gasteiger partial charge on any atom is -0.330 e. The minimum absolute atomic E-state index is 0.244. The van der Waals surface area contributed by atoms with Gasteiger partial charge in [0.25, 0.3) is 0 Å². The number of aromatic nitrogens is 2. The van der Waals surface area contributed by atoms with Crippen molar-refractivity contribution in [3.8, 4) is 0 Å². The van der Waals surface area contributed by atoms with Crippen molar-refractivity contribution in [1.82, 2.24) is 14.5 Å². The molecular formula is C16H20N4O3. The Hall–Kier alpha value is -2.41. The lowest BCUT2D eigenvalue weighted by Crippen LogP contribution is -2.44. The lowest BCUT2D eigenvalue weighted by molar-refractivity contribution is -0.135. The van der Waals surface area contributed by atoms with E-state index in [4.69, 9.17) is 5.73 Å². The highest BCUT2D eigenvalue weighted by Crippen LogP contribution is 2.23. The molecule has 1 atom stereocenters. The third-order valence-electron chi connectivity index (χ3n) is 4.35. The highest BCUT2D eigenvalue weighted by molar-refractivity contribution is 6.00. The summed E-state index contributed by atoms with van der Waals surface area (Å²) < 4.78 is 3.04. The van der Waals surface area contributed by atoms with Crippen LogP contribution in [0.1, 0.15) is 30.9 Å². The molecule has 2 amide bonds. The monoisotopic (exact) mass is 316 g/mol. The van der Waals surface area contributed by atoms with Crippen LogP contribution in [0, 0.1) is 0 Å². The first-order valence-corrected chi connectivity index (χ1v) is 7.76. The number of carbonyl (C=O) groups excluding carboxylic acids is 2. The molecule has 23 heavy (non-hydrogen) atoms. The first-order valence-electron chi connectivity index (χ1n) is 7.76. The van der Waals surface area contributed by atoms with Crippen molar-refractivity contribution in [1.29, 1.82) is 0 Å². The van der Waals surface area contributed by atoms with Gasteiger partial charge in [-0.2, -0.15) is 0 Å². The van der Waals surface area contributed by atoms with Crippen molar-refractivity contribution >= 4 is 22.8 Å². The van der Waals surface area contributed by atoms with Gasteiger partial charge in [0.1, 0.15) is 6.04 Å². The number of piperidine rings is 1. The summed E-state index contributed by atoms with van der Waals surface area (Å²) in [5.41, 5.74) is 7.90. The smallest absolute Gasteiger partial charge is 0.329 e. The van der Waals surface area contributed by atoms with E-state index in [-0.39, 0.29) is 18.0 Å². The van der Waals surface area contributed by atoms with Crippen LogP contribution in [0.4, 0.5) is 0 Å². The fraction of sp³-hybridized carbons (Fsp3) is 0.438. The third-order valence-corrected chi connectivity index (χ3v) is 4.35. The highest BCUT2D eigenvalue weighted by atomic mass is 16.2. The van der Waals surface area contributed by atoms with Gasteiger partial charge in [0, 0.05) is 13.5 Å². The number of imide groups is 1. The van der Waals surface area contributed by atoms with Gasteiger partial charge in [-0.1, -0.05) is 6.07 Å². The van der Waals surface area contributed by atoms with Crippen LogP contribution in [0.15, 0.2) is 23.0 Å². The molecule has 0 radical (unpaired) electrons. The van der Waals surface area contributed by atoms with Gasteiger partial charge in [0.15, 0.2) is 0 Å². The molecule has 2 heterocycles. The Morgan fingerprint density at radius 1 is 1.26 bits per heavy atom. The molecule has 0 aliphatic carbocycles. The first kappa shape index (κ1) is 15.5. The number of hydrogen-bond donors (Lipinski definition) is 2. The van der Waals surface area contributed by atoms with E-state index in [2.05, 4.69) is 5.32 Å². The SMILES string of the molecule is Cn1c(=O)n(C2CCC(=O)NC2=O)c2ccc(CCCN)cc21. The molecule has 3 N–H and O–H groups in total. The lowest BCUT2D eigenvalue weighted by atomic mass is 10.1. The summed E-state index contributed by atoms with van der Waals surface area (Å²) in [5.74, 6) is -0.702. The van der Waals surface area contributed by atoms with Gasteiger partial charge in [-0.15, -0.1) is 0 Å². The molecule has 1 fully saturated rings. The number of fused-ring (bicyclic) bond motifs is 1. The largest absolute Gasteiger partial charge is 0.330 e. The topological polar surface area (TPSA) is 99.1 Å². The Balaban J connectivity index is 2.07. The maximum Gasteiger partial charge on any atom is 0.329 e. The van der Waals surface area contributed by atoms with Crippen LogP contribution in [0.5, 0.6) is 0 Å². The van der Waals surface area contributed by atoms with E-state index in [1.807, 2.05) is 18.2 Å². The Bertz CT molecular complexity index is 834. The molecule has 2 aromatic rings. The summed E-state index contributed by atoms with van der Waals surface area (Å²) in [5, 5.41) is 2.31. The number of nitrogens with two attached hydrogens (primary N) is 1. The van der Waals surface area contributed by atoms with Crippen LogP contribution in [0.3, 0.4) is 0 Å². The second-order valence-corrected chi connectivity index (χ2v) is 5.89. The Morgan fingerprint density at radius 2 is 2.04 bits per heavy atom. The Morgan fingerprint density at radius 3 is 2.74 bits per heavy atom. The summed E-state index contributed by atoms with van der Waals surface area (Å²) in [7, 11) is 1.69. The molecule has 1 saturated heterocycles. The summed E-state index contributed by atoms with van der Waals surface area (Å²) >= 11 is 0. The molecule has 1 aliphatic heterocycles. The van der Waals surface area contributed by atoms with Crippen molar-refractivity contribution in [2.24, 2.45) is 12.8 Å². The molecule has 0 saturated carbocycles. The van der Waals surface area contributed by atoms with Crippen LogP contribution < -0.4 is 16.7 Å². The number of imidazole rings is 1. The van der Waals surface area contributed by atoms with E-state index in [0.717, 1.165) is 23.9 Å². The van der Waals surface area contributed by atoms with Crippen LogP contribution >= 0.6 is 0 Å². The summed E-state index contributed by atoms with van der Waals surface area (Å²) in [6.07, 6.45) is 2.32. The molecule has 122 valence electrons. The minimum atomic E-state index is -0.640. The number of nitrogens with zero attached hydrogens (tertiary/aromatic N) is 2. The van der Waals surface area contributed by atoms with Crippen molar-refractivity contribution in [3.63, 3.8) is 0 Å². The van der Waals surface area contributed by atoms with Crippen molar-refractivity contribution in [2.45, 2.75) is 31.7 Å². The van der Waals surface area contributed by atoms with E-state index in [9.17, 15) is 14.4 Å². The molecular weight excluding hydrogens is 296 g/mol. The van der Waals surface area contributed by atoms with Crippen LogP contribution in [-0.2, 0) is 23.1 Å². The number of carbonyl (C=O) groups is 2. The second kappa shape index (κ2) is 6.00. The first-order chi connectivity index (χ1) is 11.0. The average molecular weight is 316 g/mol. The molecule has 7 nitrogen and oxygen atoms in total. The Labute approximate surface area is 133 Å². The number of rotatable bonds is 4. The van der Waals surface area contributed by atoms with E-state index in [0.29, 0.717) is 18.5 Å². The number of aryl methyl sites for hydroxylation is 2. The van der Waals surface area contributed by atoms with Crippen LogP contribution in [0.2, 0.25) is 0 Å². The molecule has 3 rings (SSSR count). The molecule has 1 aromatic carbocycles. The van der Waals surface area contributed by atoms with Crippen molar-refractivity contribution in [2.75, 3.05) is 6.54 Å². The van der Waals surface area contributed by atoms with Gasteiger partial charge >= 0.3 is 5.69 Å². The van der Waals surface area contributed by atoms with Crippen molar-refractivity contribution in [3.05, 3.63) is 34.2 Å². The fourth-order valence-electron chi connectivity index (χ4n) is 3.10. The highest BCUT2D eigenvalue weighted by Gasteiger charge is 2.31. The molecule has 1 unspecified atom stereocenters. The van der Waals surface area contributed by atoms with Gasteiger partial charge in [0.05, 0.1) is 11.0 Å². The standard InChI is InChI=1S/C16H20N4O3/c1-19-13-9-10(3-2-8-17)4-5-11(13)20(16(19)23)12-6-7-14(21)18-15(12)22/h4-5,9,12H,2-3,6-8,17H2,1H3,(H,18,21,22). The van der Waals surface area contributed by atoms with Gasteiger partial charge in [-0.05, 0) is 43.5 Å². The third kappa shape index (κ3) is 2.68. The number of hydrogen-bond acceptors (Lipinski definition) is 4. The van der Waals surface area contributed by atoms with Crippen LogP contribution in [-0.4, -0.2) is 27.5 Å². The summed E-state index contributed by atoms with van der Waals surface area (Å²) in [6.45, 7) is 0.619. The predicted octanol–water partition coefficient (Wildman–Crippen LogP) is 0.209. The zero-order valence-corrected chi connectivity index (χ0v) is 13.0. The van der Waals surface area contributed by atoms with Gasteiger partial charge < -0.3 is 5.73 Å². The summed E-state index contributed by atoms with van der Waals surface area (Å²) in [6, 6.07) is 5.15. The summed E-state index contributed by atoms with van der Waals surface area (Å²) in [4.78, 5) is 36.0. The number of benzene rings is 1. The van der Waals surface area contributed by atoms with E-state index < -0.39 is 11.9 Å². The molecule has 1 aromatic heterocycles. The maximum absolute atomic E-state index is 12.6. The second-order valence-electron chi connectivity index (χ2n) is 5.89. The predicted molar refractivity (Wildman–Crippen MR) is 86.0 cm³/mol. The lowest BCUT2D eigenvalue weighted by Gasteiger charge is -2.21. The van der Waals surface area contributed by atoms with E-state index in [1.54, 1.807) is 11.6 Å². The molecule has 1 aliphatic rings. The van der Waals surface area contributed by atoms with E-state index in [1.165, 1.54) is 4.57 Å². The Kier molecular flexibility index (Phi) is 4.04. The number of amides is 2. The van der Waals surface area contributed by atoms with Crippen LogP contribution in [0.25, 0.3) is 11.0 Å².